The lowest BCUT2D eigenvalue weighted by atomic mass is 9.64. The molecular formula is C20H16N2O2. The van der Waals surface area contributed by atoms with Crippen LogP contribution in [0.2, 0.25) is 0 Å². The number of nitrogens with zero attached hydrogens (tertiary/aromatic N) is 2. The summed E-state index contributed by atoms with van der Waals surface area (Å²) in [6.07, 6.45) is 1.59. The molecule has 0 saturated heterocycles. The third-order valence-corrected chi connectivity index (χ3v) is 4.82. The fourth-order valence-electron chi connectivity index (χ4n) is 3.77. The molecule has 118 valence electrons. The Morgan fingerprint density at radius 3 is 2.29 bits per heavy atom. The molecule has 1 heterocycles. The lowest BCUT2D eigenvalue weighted by Gasteiger charge is -2.35. The number of hydrogen-bond donors (Lipinski definition) is 0. The maximum Gasteiger partial charge on any atom is 0.263 e. The van der Waals surface area contributed by atoms with Crippen LogP contribution in [-0.4, -0.2) is 29.5 Å². The highest BCUT2D eigenvalue weighted by molar-refractivity contribution is 6.31. The third-order valence-electron chi connectivity index (χ3n) is 4.82. The number of carbonyl (C=O) groups excluding carboxylic acids is 2. The third kappa shape index (κ3) is 1.71. The normalized spacial score (nSPS) is 22.5. The molecule has 2 aliphatic rings. The lowest BCUT2D eigenvalue weighted by molar-refractivity contribution is -0.130. The number of carbonyl (C=O) groups is 2. The van der Waals surface area contributed by atoms with Gasteiger partial charge in [-0.25, -0.2) is 5.01 Å². The molecule has 4 nitrogen and oxygen atoms in total. The van der Waals surface area contributed by atoms with Gasteiger partial charge in [-0.15, -0.1) is 0 Å². The van der Waals surface area contributed by atoms with Crippen molar-refractivity contribution >= 4 is 23.0 Å². The van der Waals surface area contributed by atoms with Gasteiger partial charge in [0.05, 0.1) is 5.71 Å². The Bertz CT molecular complexity index is 928. The van der Waals surface area contributed by atoms with Gasteiger partial charge < -0.3 is 0 Å². The SMILES string of the molecule is CC1=NN(C)C(=O)[C@@]12C(c1ccccc1)=CC(=O)c1ccccc12. The molecule has 0 N–H and O–H groups in total. The van der Waals surface area contributed by atoms with Gasteiger partial charge in [0.1, 0.15) is 5.41 Å². The highest BCUT2D eigenvalue weighted by Crippen LogP contribution is 2.48. The van der Waals surface area contributed by atoms with Crippen LogP contribution in [0.1, 0.15) is 28.4 Å². The van der Waals surface area contributed by atoms with Crippen LogP contribution in [0.25, 0.3) is 5.57 Å². The Kier molecular flexibility index (Phi) is 3.03. The van der Waals surface area contributed by atoms with Crippen molar-refractivity contribution in [1.29, 1.82) is 0 Å². The van der Waals surface area contributed by atoms with Crippen molar-refractivity contribution in [2.24, 2.45) is 5.10 Å². The molecule has 0 unspecified atom stereocenters. The predicted octanol–water partition coefficient (Wildman–Crippen LogP) is 3.05. The summed E-state index contributed by atoms with van der Waals surface area (Å²) in [5.74, 6) is -0.208. The first-order valence-corrected chi connectivity index (χ1v) is 7.82. The summed E-state index contributed by atoms with van der Waals surface area (Å²) in [7, 11) is 1.65. The minimum absolute atomic E-state index is 0.0785. The topological polar surface area (TPSA) is 49.7 Å². The van der Waals surface area contributed by atoms with E-state index in [0.29, 0.717) is 22.4 Å². The Labute approximate surface area is 140 Å². The van der Waals surface area contributed by atoms with E-state index in [-0.39, 0.29) is 11.7 Å². The fourth-order valence-corrected chi connectivity index (χ4v) is 3.77. The predicted molar refractivity (Wildman–Crippen MR) is 92.7 cm³/mol. The molecule has 1 aliphatic carbocycles. The van der Waals surface area contributed by atoms with Crippen LogP contribution < -0.4 is 0 Å². The fraction of sp³-hybridized carbons (Fsp3) is 0.150. The van der Waals surface area contributed by atoms with E-state index in [4.69, 9.17) is 0 Å². The zero-order chi connectivity index (χ0) is 16.9. The van der Waals surface area contributed by atoms with Gasteiger partial charge in [-0.2, -0.15) is 5.10 Å². The van der Waals surface area contributed by atoms with E-state index in [1.54, 1.807) is 19.2 Å². The first-order valence-electron chi connectivity index (χ1n) is 7.82. The standard InChI is InChI=1S/C20H16N2O2/c1-13-20(19(24)22(2)21-13)16-11-7-6-10-15(16)18(23)12-17(20)14-8-4-3-5-9-14/h3-12H,1-2H3/t20-/m0/s1. The Morgan fingerprint density at radius 1 is 0.958 bits per heavy atom. The number of likely N-dealkylation sites (N-methyl/N-ethyl adjacent to an activating group) is 1. The van der Waals surface area contributed by atoms with Crippen LogP contribution >= 0.6 is 0 Å². The molecular weight excluding hydrogens is 300 g/mol. The van der Waals surface area contributed by atoms with E-state index < -0.39 is 5.41 Å². The molecule has 1 amide bonds. The summed E-state index contributed by atoms with van der Waals surface area (Å²) >= 11 is 0. The molecule has 4 rings (SSSR count). The highest BCUT2D eigenvalue weighted by atomic mass is 16.2. The first kappa shape index (κ1) is 14.6. The van der Waals surface area contributed by atoms with Crippen LogP contribution in [0, 0.1) is 0 Å². The summed E-state index contributed by atoms with van der Waals surface area (Å²) in [6, 6.07) is 16.9. The first-order chi connectivity index (χ1) is 11.6. The molecule has 0 fully saturated rings. The second-order valence-corrected chi connectivity index (χ2v) is 6.10. The summed E-state index contributed by atoms with van der Waals surface area (Å²) in [6.45, 7) is 1.85. The van der Waals surface area contributed by atoms with Crippen LogP contribution in [0.3, 0.4) is 0 Å². The van der Waals surface area contributed by atoms with E-state index in [0.717, 1.165) is 5.56 Å². The average molecular weight is 316 g/mol. The Hall–Kier alpha value is -3.01. The summed E-state index contributed by atoms with van der Waals surface area (Å²) in [5, 5.41) is 5.77. The van der Waals surface area contributed by atoms with Crippen molar-refractivity contribution in [3.8, 4) is 0 Å². The number of benzene rings is 2. The van der Waals surface area contributed by atoms with Crippen LogP contribution in [0.5, 0.6) is 0 Å². The molecule has 4 heteroatoms. The zero-order valence-electron chi connectivity index (χ0n) is 13.5. The number of allylic oxidation sites excluding steroid dienone is 1. The molecule has 2 aromatic carbocycles. The van der Waals surface area contributed by atoms with Crippen molar-refractivity contribution in [1.82, 2.24) is 5.01 Å². The molecule has 1 spiro atoms. The van der Waals surface area contributed by atoms with Crippen LogP contribution in [0.4, 0.5) is 0 Å². The summed E-state index contributed by atoms with van der Waals surface area (Å²) < 4.78 is 0. The number of fused-ring (bicyclic) bond motifs is 2. The highest BCUT2D eigenvalue weighted by Gasteiger charge is 2.55. The largest absolute Gasteiger partial charge is 0.289 e. The van der Waals surface area contributed by atoms with Crippen molar-refractivity contribution in [2.75, 3.05) is 7.05 Å². The Balaban J connectivity index is 2.09. The summed E-state index contributed by atoms with van der Waals surface area (Å²) in [4.78, 5) is 25.9. The second-order valence-electron chi connectivity index (χ2n) is 6.10. The second kappa shape index (κ2) is 4.99. The van der Waals surface area contributed by atoms with Gasteiger partial charge in [0.15, 0.2) is 5.78 Å². The van der Waals surface area contributed by atoms with E-state index >= 15 is 0 Å². The van der Waals surface area contributed by atoms with Gasteiger partial charge in [0.2, 0.25) is 0 Å². The number of amides is 1. The van der Waals surface area contributed by atoms with Gasteiger partial charge in [-0.1, -0.05) is 54.6 Å². The molecule has 1 atom stereocenters. The molecule has 1 aliphatic heterocycles. The summed E-state index contributed by atoms with van der Waals surface area (Å²) in [5.41, 5.74) is 2.49. The number of hydrazone groups is 1. The maximum absolute atomic E-state index is 13.2. The van der Waals surface area contributed by atoms with Gasteiger partial charge in [0.25, 0.3) is 5.91 Å². The minimum atomic E-state index is -1.03. The van der Waals surface area contributed by atoms with Crippen LogP contribution in [0.15, 0.2) is 65.8 Å². The lowest BCUT2D eigenvalue weighted by Crippen LogP contribution is -2.46. The smallest absolute Gasteiger partial charge is 0.263 e. The quantitative estimate of drug-likeness (QED) is 0.812. The Morgan fingerprint density at radius 2 is 1.62 bits per heavy atom. The number of ketones is 1. The minimum Gasteiger partial charge on any atom is -0.289 e. The van der Waals surface area contributed by atoms with Crippen LogP contribution in [-0.2, 0) is 10.2 Å². The van der Waals surface area contributed by atoms with Crippen molar-refractivity contribution in [3.05, 3.63) is 77.4 Å². The van der Waals surface area contributed by atoms with Crippen molar-refractivity contribution < 1.29 is 9.59 Å². The monoisotopic (exact) mass is 316 g/mol. The zero-order valence-corrected chi connectivity index (χ0v) is 13.5. The van der Waals surface area contributed by atoms with Gasteiger partial charge in [-0.05, 0) is 29.7 Å². The molecule has 0 aromatic heterocycles. The van der Waals surface area contributed by atoms with E-state index in [9.17, 15) is 9.59 Å². The van der Waals surface area contributed by atoms with E-state index in [1.165, 1.54) is 5.01 Å². The molecule has 24 heavy (non-hydrogen) atoms. The van der Waals surface area contributed by atoms with Crippen molar-refractivity contribution in [2.45, 2.75) is 12.3 Å². The molecule has 2 aromatic rings. The molecule has 0 bridgehead atoms. The van der Waals surface area contributed by atoms with E-state index in [2.05, 4.69) is 5.10 Å². The van der Waals surface area contributed by atoms with Gasteiger partial charge in [0, 0.05) is 12.6 Å². The maximum atomic E-state index is 13.2. The molecule has 0 saturated carbocycles. The molecule has 0 radical (unpaired) electrons. The average Bonchev–Trinajstić information content (AvgIpc) is 2.83. The van der Waals surface area contributed by atoms with Crippen molar-refractivity contribution in [3.63, 3.8) is 0 Å². The number of hydrogen-bond acceptors (Lipinski definition) is 3. The van der Waals surface area contributed by atoms with Gasteiger partial charge >= 0.3 is 0 Å². The number of rotatable bonds is 1. The van der Waals surface area contributed by atoms with Gasteiger partial charge in [-0.3, -0.25) is 9.59 Å². The van der Waals surface area contributed by atoms with E-state index in [1.807, 2.05) is 55.5 Å².